The molecule has 1 aromatic heterocycles. The van der Waals surface area contributed by atoms with Gasteiger partial charge in [-0.25, -0.2) is 9.18 Å². The molecule has 3 amide bonds. The van der Waals surface area contributed by atoms with Gasteiger partial charge in [0.25, 0.3) is 5.91 Å². The third-order valence-corrected chi connectivity index (χ3v) is 5.61. The van der Waals surface area contributed by atoms with Gasteiger partial charge in [0, 0.05) is 18.3 Å². The number of thioether (sulfide) groups is 1. The van der Waals surface area contributed by atoms with E-state index >= 15 is 0 Å². The Hall–Kier alpha value is -2.42. The lowest BCUT2D eigenvalue weighted by Gasteiger charge is -2.15. The first-order valence-corrected chi connectivity index (χ1v) is 9.84. The predicted octanol–water partition coefficient (Wildman–Crippen LogP) is 2.84. The molecule has 0 bridgehead atoms. The number of amides is 3. The Labute approximate surface area is 160 Å². The van der Waals surface area contributed by atoms with Crippen molar-refractivity contribution in [2.45, 2.75) is 43.4 Å². The van der Waals surface area contributed by atoms with Gasteiger partial charge in [-0.05, 0) is 38.8 Å². The zero-order valence-electron chi connectivity index (χ0n) is 15.1. The molecule has 9 heteroatoms. The molecule has 0 radical (unpaired) electrons. The Bertz CT molecular complexity index is 909. The summed E-state index contributed by atoms with van der Waals surface area (Å²) in [5.41, 5.74) is -0.437. The van der Waals surface area contributed by atoms with E-state index in [4.69, 9.17) is 0 Å². The van der Waals surface area contributed by atoms with Crippen molar-refractivity contribution in [2.24, 2.45) is 0 Å². The van der Waals surface area contributed by atoms with Crippen LogP contribution < -0.4 is 5.32 Å². The third-order valence-electron chi connectivity index (χ3n) is 4.68. The van der Waals surface area contributed by atoms with Crippen LogP contribution >= 0.6 is 11.8 Å². The van der Waals surface area contributed by atoms with Crippen LogP contribution in [0.4, 0.5) is 9.18 Å². The maximum absolute atomic E-state index is 14.2. The van der Waals surface area contributed by atoms with Crippen molar-refractivity contribution in [3.8, 4) is 11.4 Å². The van der Waals surface area contributed by atoms with E-state index in [0.717, 1.165) is 12.8 Å². The van der Waals surface area contributed by atoms with E-state index in [-0.39, 0.29) is 30.3 Å². The number of imide groups is 1. The molecule has 1 saturated heterocycles. The lowest BCUT2D eigenvalue weighted by Crippen LogP contribution is -2.40. The average molecular weight is 389 g/mol. The zero-order valence-corrected chi connectivity index (χ0v) is 15.9. The highest BCUT2D eigenvalue weighted by Crippen LogP contribution is 2.41. The molecular formula is C18H20FN5O2S. The quantitative estimate of drug-likeness (QED) is 0.607. The van der Waals surface area contributed by atoms with Crippen LogP contribution in [-0.2, 0) is 4.79 Å². The molecule has 7 nitrogen and oxygen atoms in total. The molecule has 2 fully saturated rings. The lowest BCUT2D eigenvalue weighted by molar-refractivity contribution is -0.130. The minimum Gasteiger partial charge on any atom is -0.324 e. The summed E-state index contributed by atoms with van der Waals surface area (Å²) in [6.07, 6.45) is 2.02. The van der Waals surface area contributed by atoms with Gasteiger partial charge >= 0.3 is 6.03 Å². The smallest absolute Gasteiger partial charge is 0.324 e. The van der Waals surface area contributed by atoms with Crippen molar-refractivity contribution in [3.05, 3.63) is 30.1 Å². The van der Waals surface area contributed by atoms with Crippen LogP contribution in [0.15, 0.2) is 29.4 Å². The molecule has 1 aromatic carbocycles. The molecule has 1 aliphatic carbocycles. The van der Waals surface area contributed by atoms with E-state index in [2.05, 4.69) is 15.5 Å². The van der Waals surface area contributed by atoms with Gasteiger partial charge in [0.2, 0.25) is 0 Å². The van der Waals surface area contributed by atoms with Gasteiger partial charge in [-0.15, -0.1) is 10.2 Å². The van der Waals surface area contributed by atoms with Gasteiger partial charge < -0.3 is 5.32 Å². The lowest BCUT2D eigenvalue weighted by atomic mass is 10.1. The van der Waals surface area contributed by atoms with Gasteiger partial charge in [0.15, 0.2) is 11.0 Å². The van der Waals surface area contributed by atoms with E-state index in [1.807, 2.05) is 4.57 Å². The largest absolute Gasteiger partial charge is 0.325 e. The first-order valence-electron chi connectivity index (χ1n) is 8.85. The molecule has 142 valence electrons. The summed E-state index contributed by atoms with van der Waals surface area (Å²) in [7, 11) is 0. The second-order valence-corrected chi connectivity index (χ2v) is 8.31. The van der Waals surface area contributed by atoms with E-state index in [1.165, 1.54) is 22.7 Å². The molecule has 1 N–H and O–H groups in total. The highest BCUT2D eigenvalue weighted by molar-refractivity contribution is 7.99. The number of carbonyl (C=O) groups is 2. The number of urea groups is 1. The Balaban J connectivity index is 1.50. The Kier molecular flexibility index (Phi) is 4.41. The maximum Gasteiger partial charge on any atom is 0.325 e. The monoisotopic (exact) mass is 389 g/mol. The number of benzene rings is 1. The van der Waals surface area contributed by atoms with E-state index in [9.17, 15) is 14.0 Å². The molecular weight excluding hydrogens is 369 g/mol. The number of nitrogens with one attached hydrogen (secondary N) is 1. The summed E-state index contributed by atoms with van der Waals surface area (Å²) in [5, 5.41) is 11.8. The molecule has 2 aliphatic rings. The number of carbonyl (C=O) groups excluding carboxylic acids is 2. The summed E-state index contributed by atoms with van der Waals surface area (Å²) in [4.78, 5) is 25.4. The summed E-state index contributed by atoms with van der Waals surface area (Å²) < 4.78 is 16.2. The molecule has 2 aromatic rings. The fourth-order valence-electron chi connectivity index (χ4n) is 3.11. The molecule has 1 saturated carbocycles. The van der Waals surface area contributed by atoms with Crippen molar-refractivity contribution in [1.29, 1.82) is 0 Å². The fraction of sp³-hybridized carbons (Fsp3) is 0.444. The molecule has 0 spiro atoms. The minimum absolute atomic E-state index is 0.233. The van der Waals surface area contributed by atoms with Gasteiger partial charge in [-0.2, -0.15) is 0 Å². The van der Waals surface area contributed by atoms with Crippen molar-refractivity contribution < 1.29 is 14.0 Å². The van der Waals surface area contributed by atoms with Crippen molar-refractivity contribution >= 4 is 23.7 Å². The number of hydrogen-bond donors (Lipinski definition) is 1. The summed E-state index contributed by atoms with van der Waals surface area (Å²) in [6, 6.07) is 6.42. The van der Waals surface area contributed by atoms with Crippen LogP contribution in [0.3, 0.4) is 0 Å². The van der Waals surface area contributed by atoms with Gasteiger partial charge in [0.05, 0.1) is 5.56 Å². The summed E-state index contributed by atoms with van der Waals surface area (Å²) in [6.45, 7) is 3.65. The van der Waals surface area contributed by atoms with Crippen LogP contribution in [0.25, 0.3) is 11.4 Å². The van der Waals surface area contributed by atoms with Crippen LogP contribution in [0.1, 0.15) is 32.7 Å². The highest BCUT2D eigenvalue weighted by Gasteiger charge is 2.43. The maximum atomic E-state index is 14.2. The van der Waals surface area contributed by atoms with E-state index in [1.54, 1.807) is 32.0 Å². The number of rotatable bonds is 6. The molecule has 0 unspecified atom stereocenters. The SMILES string of the molecule is CC1(C)NC(=O)N(CCSc2nnc(-c3ccccc3F)n2C2CC2)C1=O. The second-order valence-electron chi connectivity index (χ2n) is 7.25. The zero-order chi connectivity index (χ0) is 19.2. The van der Waals surface area contributed by atoms with E-state index < -0.39 is 5.54 Å². The molecule has 4 rings (SSSR count). The number of nitrogens with zero attached hydrogens (tertiary/aromatic N) is 4. The van der Waals surface area contributed by atoms with Crippen LogP contribution in [0, 0.1) is 5.82 Å². The Morgan fingerprint density at radius 2 is 2.00 bits per heavy atom. The van der Waals surface area contributed by atoms with Crippen LogP contribution in [0.5, 0.6) is 0 Å². The highest BCUT2D eigenvalue weighted by atomic mass is 32.2. The summed E-state index contributed by atoms with van der Waals surface area (Å²) >= 11 is 1.42. The summed E-state index contributed by atoms with van der Waals surface area (Å²) in [5.74, 6) is 0.458. The third kappa shape index (κ3) is 3.31. The second kappa shape index (κ2) is 6.63. The fourth-order valence-corrected chi connectivity index (χ4v) is 4.04. The number of halogens is 1. The first kappa shape index (κ1) is 18.0. The first-order chi connectivity index (χ1) is 12.9. The Morgan fingerprint density at radius 3 is 2.63 bits per heavy atom. The van der Waals surface area contributed by atoms with Crippen molar-refractivity contribution in [2.75, 3.05) is 12.3 Å². The van der Waals surface area contributed by atoms with Crippen LogP contribution in [0.2, 0.25) is 0 Å². The van der Waals surface area contributed by atoms with E-state index in [0.29, 0.717) is 22.3 Å². The number of aromatic nitrogens is 3. The van der Waals surface area contributed by atoms with Gasteiger partial charge in [0.1, 0.15) is 11.4 Å². The van der Waals surface area contributed by atoms with Gasteiger partial charge in [-0.3, -0.25) is 14.3 Å². The Morgan fingerprint density at radius 1 is 1.26 bits per heavy atom. The minimum atomic E-state index is -0.867. The molecule has 1 aliphatic heterocycles. The van der Waals surface area contributed by atoms with Crippen molar-refractivity contribution in [1.82, 2.24) is 25.0 Å². The van der Waals surface area contributed by atoms with Crippen LogP contribution in [-0.4, -0.2) is 49.4 Å². The number of hydrogen-bond acceptors (Lipinski definition) is 5. The topological polar surface area (TPSA) is 80.1 Å². The predicted molar refractivity (Wildman–Crippen MR) is 98.7 cm³/mol. The normalized spacial score (nSPS) is 18.9. The average Bonchev–Trinajstić information content (AvgIpc) is 3.34. The molecule has 0 atom stereocenters. The molecule has 27 heavy (non-hydrogen) atoms. The van der Waals surface area contributed by atoms with Crippen molar-refractivity contribution in [3.63, 3.8) is 0 Å². The molecule has 2 heterocycles. The standard InChI is InChI=1S/C18H20FN5O2S/c1-18(2)15(25)23(16(26)20-18)9-10-27-17-22-21-14(24(17)11-7-8-11)12-5-3-4-6-13(12)19/h3-6,11H,7-10H2,1-2H3,(H,20,26). The van der Waals surface area contributed by atoms with Gasteiger partial charge in [-0.1, -0.05) is 23.9 Å².